The number of carbonyl (C=O) groups is 1. The molecule has 5 heteroatoms. The minimum Gasteiger partial charge on any atom is -0.468 e. The van der Waals surface area contributed by atoms with Crippen LogP contribution in [0.5, 0.6) is 0 Å². The van der Waals surface area contributed by atoms with Crippen LogP contribution in [0.15, 0.2) is 0 Å². The van der Waals surface area contributed by atoms with Crippen molar-refractivity contribution in [1.82, 2.24) is 5.32 Å². The van der Waals surface area contributed by atoms with Crippen molar-refractivity contribution in [3.8, 4) is 0 Å². The molecular weight excluding hydrogens is 162 g/mol. The summed E-state index contributed by atoms with van der Waals surface area (Å²) in [5.41, 5.74) is 0. The SMILES string of the molecule is COC(=O)C1NCC[C@@H](O)[C@H]1O. The van der Waals surface area contributed by atoms with Gasteiger partial charge in [0, 0.05) is 0 Å². The summed E-state index contributed by atoms with van der Waals surface area (Å²) in [4.78, 5) is 11.0. The van der Waals surface area contributed by atoms with E-state index in [1.807, 2.05) is 0 Å². The van der Waals surface area contributed by atoms with Gasteiger partial charge in [0.1, 0.15) is 12.1 Å². The Morgan fingerprint density at radius 3 is 2.83 bits per heavy atom. The number of ether oxygens (including phenoxy) is 1. The maximum absolute atomic E-state index is 11.0. The molecule has 1 rings (SSSR count). The third-order valence-corrected chi connectivity index (χ3v) is 2.00. The predicted octanol–water partition coefficient (Wildman–Crippen LogP) is -1.76. The van der Waals surface area contributed by atoms with Gasteiger partial charge in [-0.2, -0.15) is 0 Å². The summed E-state index contributed by atoms with van der Waals surface area (Å²) >= 11 is 0. The van der Waals surface area contributed by atoms with E-state index in [-0.39, 0.29) is 0 Å². The lowest BCUT2D eigenvalue weighted by Gasteiger charge is -2.30. The van der Waals surface area contributed by atoms with Gasteiger partial charge in [-0.3, -0.25) is 4.79 Å². The number of nitrogens with one attached hydrogen (secondary N) is 1. The fourth-order valence-corrected chi connectivity index (χ4v) is 1.25. The third kappa shape index (κ3) is 1.74. The van der Waals surface area contributed by atoms with Crippen molar-refractivity contribution in [3.63, 3.8) is 0 Å². The number of hydrogen-bond donors (Lipinski definition) is 3. The highest BCUT2D eigenvalue weighted by atomic mass is 16.5. The number of aliphatic hydroxyl groups excluding tert-OH is 2. The van der Waals surface area contributed by atoms with Crippen molar-refractivity contribution in [3.05, 3.63) is 0 Å². The third-order valence-electron chi connectivity index (χ3n) is 2.00. The van der Waals surface area contributed by atoms with Crippen molar-refractivity contribution in [2.75, 3.05) is 13.7 Å². The van der Waals surface area contributed by atoms with Gasteiger partial charge in [0.25, 0.3) is 0 Å². The van der Waals surface area contributed by atoms with Gasteiger partial charge in [0.15, 0.2) is 0 Å². The molecule has 0 aromatic rings. The molecule has 1 unspecified atom stereocenters. The summed E-state index contributed by atoms with van der Waals surface area (Å²) in [6, 6.07) is -0.793. The Hall–Kier alpha value is -0.650. The largest absolute Gasteiger partial charge is 0.468 e. The van der Waals surface area contributed by atoms with Crippen LogP contribution in [0.4, 0.5) is 0 Å². The molecule has 1 heterocycles. The highest BCUT2D eigenvalue weighted by Gasteiger charge is 2.35. The quantitative estimate of drug-likeness (QED) is 0.412. The van der Waals surface area contributed by atoms with E-state index in [9.17, 15) is 15.0 Å². The molecule has 3 N–H and O–H groups in total. The molecule has 12 heavy (non-hydrogen) atoms. The van der Waals surface area contributed by atoms with E-state index in [2.05, 4.69) is 10.1 Å². The smallest absolute Gasteiger partial charge is 0.325 e. The van der Waals surface area contributed by atoms with E-state index in [0.29, 0.717) is 13.0 Å². The Balaban J connectivity index is 2.57. The van der Waals surface area contributed by atoms with Gasteiger partial charge in [-0.1, -0.05) is 0 Å². The number of aliphatic hydroxyl groups is 2. The van der Waals surface area contributed by atoms with E-state index in [1.165, 1.54) is 7.11 Å². The second-order valence-electron chi connectivity index (χ2n) is 2.80. The van der Waals surface area contributed by atoms with Crippen LogP contribution in [-0.4, -0.2) is 48.1 Å². The van der Waals surface area contributed by atoms with Gasteiger partial charge in [-0.15, -0.1) is 0 Å². The summed E-state index contributed by atoms with van der Waals surface area (Å²) in [7, 11) is 1.25. The standard InChI is InChI=1S/C7H13NO4/c1-12-7(11)5-6(10)4(9)2-3-8-5/h4-6,8-10H,2-3H2,1H3/t4-,5?,6-/m1/s1. The predicted molar refractivity (Wildman–Crippen MR) is 40.4 cm³/mol. The van der Waals surface area contributed by atoms with Crippen LogP contribution in [0.1, 0.15) is 6.42 Å². The summed E-state index contributed by atoms with van der Waals surface area (Å²) in [5.74, 6) is -0.541. The number of methoxy groups -OCH3 is 1. The van der Waals surface area contributed by atoms with Gasteiger partial charge in [0.05, 0.1) is 13.2 Å². The van der Waals surface area contributed by atoms with Crippen LogP contribution in [0.25, 0.3) is 0 Å². The average Bonchev–Trinajstić information content (AvgIpc) is 2.08. The monoisotopic (exact) mass is 175 g/mol. The van der Waals surface area contributed by atoms with E-state index >= 15 is 0 Å². The van der Waals surface area contributed by atoms with E-state index in [0.717, 1.165) is 0 Å². The van der Waals surface area contributed by atoms with Gasteiger partial charge in [-0.05, 0) is 13.0 Å². The number of esters is 1. The van der Waals surface area contributed by atoms with Crippen molar-refractivity contribution in [1.29, 1.82) is 0 Å². The molecular formula is C7H13NO4. The van der Waals surface area contributed by atoms with Gasteiger partial charge in [0.2, 0.25) is 0 Å². The van der Waals surface area contributed by atoms with Gasteiger partial charge >= 0.3 is 5.97 Å². The molecule has 5 nitrogen and oxygen atoms in total. The van der Waals surface area contributed by atoms with Crippen LogP contribution in [0.2, 0.25) is 0 Å². The van der Waals surface area contributed by atoms with E-state index in [4.69, 9.17) is 0 Å². The highest BCUT2D eigenvalue weighted by Crippen LogP contribution is 2.10. The lowest BCUT2D eigenvalue weighted by atomic mass is 9.99. The zero-order valence-electron chi connectivity index (χ0n) is 6.86. The second-order valence-corrected chi connectivity index (χ2v) is 2.80. The Labute approximate surface area is 70.3 Å². The molecule has 0 saturated carbocycles. The molecule has 0 spiro atoms. The van der Waals surface area contributed by atoms with Crippen molar-refractivity contribution in [2.45, 2.75) is 24.7 Å². The summed E-state index contributed by atoms with van der Waals surface area (Å²) in [6.07, 6.45) is -1.45. The van der Waals surface area contributed by atoms with Gasteiger partial charge in [-0.25, -0.2) is 0 Å². The molecule has 0 aliphatic carbocycles. The first kappa shape index (κ1) is 9.44. The van der Waals surface area contributed by atoms with Crippen LogP contribution in [0, 0.1) is 0 Å². The van der Waals surface area contributed by atoms with E-state index in [1.54, 1.807) is 0 Å². The normalized spacial score (nSPS) is 36.1. The average molecular weight is 175 g/mol. The molecule has 0 bridgehead atoms. The molecule has 1 aliphatic rings. The topological polar surface area (TPSA) is 78.8 Å². The first-order valence-electron chi connectivity index (χ1n) is 3.84. The molecule has 0 amide bonds. The maximum Gasteiger partial charge on any atom is 0.325 e. The number of rotatable bonds is 1. The molecule has 0 radical (unpaired) electrons. The molecule has 70 valence electrons. The number of carbonyl (C=O) groups excluding carboxylic acids is 1. The molecule has 0 aromatic heterocycles. The lowest BCUT2D eigenvalue weighted by Crippen LogP contribution is -2.56. The van der Waals surface area contributed by atoms with Crippen LogP contribution in [-0.2, 0) is 9.53 Å². The molecule has 1 fully saturated rings. The molecule has 1 saturated heterocycles. The summed E-state index contributed by atoms with van der Waals surface area (Å²) in [5, 5.41) is 21.3. The van der Waals surface area contributed by atoms with Crippen LogP contribution < -0.4 is 5.32 Å². The second kappa shape index (κ2) is 3.84. The van der Waals surface area contributed by atoms with Crippen molar-refractivity contribution in [2.24, 2.45) is 0 Å². The Morgan fingerprint density at radius 2 is 2.25 bits per heavy atom. The van der Waals surface area contributed by atoms with Crippen molar-refractivity contribution >= 4 is 5.97 Å². The minimum absolute atomic E-state index is 0.453. The Kier molecular flexibility index (Phi) is 3.02. The summed E-state index contributed by atoms with van der Waals surface area (Å²) in [6.45, 7) is 0.512. The first-order valence-corrected chi connectivity index (χ1v) is 3.84. The summed E-state index contributed by atoms with van der Waals surface area (Å²) < 4.78 is 4.44. The highest BCUT2D eigenvalue weighted by molar-refractivity contribution is 5.76. The number of piperidine rings is 1. The maximum atomic E-state index is 11.0. The van der Waals surface area contributed by atoms with E-state index < -0.39 is 24.2 Å². The Bertz CT molecular complexity index is 173. The molecule has 0 aromatic carbocycles. The molecule has 3 atom stereocenters. The first-order chi connectivity index (χ1) is 5.66. The van der Waals surface area contributed by atoms with Crippen molar-refractivity contribution < 1.29 is 19.7 Å². The minimum atomic E-state index is -1.06. The fourth-order valence-electron chi connectivity index (χ4n) is 1.25. The fraction of sp³-hybridized carbons (Fsp3) is 0.857. The Morgan fingerprint density at radius 1 is 1.58 bits per heavy atom. The van der Waals surface area contributed by atoms with Gasteiger partial charge < -0.3 is 20.3 Å². The van der Waals surface area contributed by atoms with Crippen LogP contribution >= 0.6 is 0 Å². The number of hydrogen-bond acceptors (Lipinski definition) is 5. The van der Waals surface area contributed by atoms with Crippen LogP contribution in [0.3, 0.4) is 0 Å². The zero-order chi connectivity index (χ0) is 9.14. The zero-order valence-corrected chi connectivity index (χ0v) is 6.86. The molecule has 1 aliphatic heterocycles. The lowest BCUT2D eigenvalue weighted by molar-refractivity contribution is -0.150.